The van der Waals surface area contributed by atoms with Gasteiger partial charge in [0.2, 0.25) is 0 Å². The van der Waals surface area contributed by atoms with Gasteiger partial charge < -0.3 is 19.9 Å². The van der Waals surface area contributed by atoms with Crippen LogP contribution in [0.5, 0.6) is 11.5 Å². The summed E-state index contributed by atoms with van der Waals surface area (Å²) in [6.45, 7) is 6.31. The molecule has 2 unspecified atom stereocenters. The topological polar surface area (TPSA) is 84.9 Å². The molecule has 34 heavy (non-hydrogen) atoms. The molecule has 2 aromatic rings. The van der Waals surface area contributed by atoms with Crippen LogP contribution in [0.1, 0.15) is 63.0 Å². The van der Waals surface area contributed by atoms with Gasteiger partial charge in [0.25, 0.3) is 0 Å². The molecule has 6 nitrogen and oxygen atoms in total. The van der Waals surface area contributed by atoms with Gasteiger partial charge in [-0.25, -0.2) is 4.79 Å². The average molecular weight is 462 g/mol. The number of hydrogen-bond donors (Lipinski definition) is 2. The molecule has 2 atom stereocenters. The van der Waals surface area contributed by atoms with Crippen LogP contribution in [0, 0.1) is 0 Å². The fraction of sp³-hybridized carbons (Fsp3) is 0.357. The number of benzene rings is 2. The number of nitrogens with one attached hydrogen (secondary N) is 1. The van der Waals surface area contributed by atoms with Crippen molar-refractivity contribution in [3.8, 4) is 11.5 Å². The highest BCUT2D eigenvalue weighted by Crippen LogP contribution is 2.46. The maximum Gasteiger partial charge on any atom is 0.336 e. The first-order valence-electron chi connectivity index (χ1n) is 11.9. The van der Waals surface area contributed by atoms with E-state index in [9.17, 15) is 14.7 Å². The lowest BCUT2D eigenvalue weighted by molar-refractivity contribution is -0.139. The van der Waals surface area contributed by atoms with Crippen molar-refractivity contribution in [3.63, 3.8) is 0 Å². The van der Waals surface area contributed by atoms with Crippen molar-refractivity contribution in [2.24, 2.45) is 0 Å². The molecule has 2 aromatic carbocycles. The number of ketones is 1. The van der Waals surface area contributed by atoms with Gasteiger partial charge in [-0.2, -0.15) is 0 Å². The van der Waals surface area contributed by atoms with Crippen molar-refractivity contribution < 1.29 is 24.2 Å². The minimum absolute atomic E-state index is 0.00642. The Kier molecular flexibility index (Phi) is 7.06. The first-order valence-corrected chi connectivity index (χ1v) is 11.9. The number of allylic oxidation sites excluding steroid dienone is 3. The number of aromatic hydroxyl groups is 1. The van der Waals surface area contributed by atoms with Gasteiger partial charge in [-0.3, -0.25) is 4.79 Å². The molecule has 0 saturated heterocycles. The monoisotopic (exact) mass is 461 g/mol. The fourth-order valence-corrected chi connectivity index (χ4v) is 4.86. The summed E-state index contributed by atoms with van der Waals surface area (Å²) in [5, 5.41) is 13.6. The fourth-order valence-electron chi connectivity index (χ4n) is 4.86. The summed E-state index contributed by atoms with van der Waals surface area (Å²) in [5.41, 5.74) is 4.37. The van der Waals surface area contributed by atoms with Crippen molar-refractivity contribution >= 4 is 11.8 Å². The molecule has 0 aromatic heterocycles. The Bertz CT molecular complexity index is 1150. The number of dihydropyridines is 1. The minimum atomic E-state index is -0.593. The largest absolute Gasteiger partial charge is 0.504 e. The van der Waals surface area contributed by atoms with Gasteiger partial charge in [0.1, 0.15) is 0 Å². The van der Waals surface area contributed by atoms with E-state index in [1.165, 1.54) is 0 Å². The molecule has 0 fully saturated rings. The standard InChI is InChI=1S/C28H31NO5/c1-4-13-34-28(32)25-17(3)29-21-14-20(18-9-7-6-8-10-18)15-23(31)27(21)26(25)19-11-12-22(30)24(16-19)33-5-2/h6-12,16,20,26,29-30H,4-5,13-15H2,1-3H3. The van der Waals surface area contributed by atoms with E-state index in [4.69, 9.17) is 9.47 Å². The van der Waals surface area contributed by atoms with Crippen molar-refractivity contribution in [2.45, 2.75) is 51.9 Å². The molecule has 0 saturated carbocycles. The Balaban J connectivity index is 1.81. The number of ether oxygens (including phenoxy) is 2. The molecule has 0 spiro atoms. The minimum Gasteiger partial charge on any atom is -0.504 e. The van der Waals surface area contributed by atoms with Gasteiger partial charge in [-0.05, 0) is 55.9 Å². The summed E-state index contributed by atoms with van der Waals surface area (Å²) >= 11 is 0. The highest BCUT2D eigenvalue weighted by molar-refractivity contribution is 6.04. The molecular weight excluding hydrogens is 430 g/mol. The van der Waals surface area contributed by atoms with Crippen LogP contribution in [-0.2, 0) is 14.3 Å². The molecule has 0 bridgehead atoms. The zero-order valence-electron chi connectivity index (χ0n) is 19.9. The van der Waals surface area contributed by atoms with Crippen molar-refractivity contribution in [3.05, 3.63) is 82.2 Å². The molecule has 2 N–H and O–H groups in total. The molecule has 4 rings (SSSR count). The number of esters is 1. The zero-order chi connectivity index (χ0) is 24.2. The summed E-state index contributed by atoms with van der Waals surface area (Å²) in [4.78, 5) is 26.8. The van der Waals surface area contributed by atoms with E-state index in [0.717, 1.165) is 11.3 Å². The molecule has 178 valence electrons. The summed E-state index contributed by atoms with van der Waals surface area (Å²) < 4.78 is 11.1. The van der Waals surface area contributed by atoms with Crippen LogP contribution in [0.3, 0.4) is 0 Å². The lowest BCUT2D eigenvalue weighted by Crippen LogP contribution is -2.36. The first kappa shape index (κ1) is 23.6. The third-order valence-corrected chi connectivity index (χ3v) is 6.37. The molecule has 1 heterocycles. The highest BCUT2D eigenvalue weighted by Gasteiger charge is 2.41. The number of phenols is 1. The SMILES string of the molecule is CCCOC(=O)C1=C(C)NC2=C(C(=O)CC(c3ccccc3)C2)C1c1ccc(O)c(OCC)c1. The van der Waals surface area contributed by atoms with Crippen LogP contribution < -0.4 is 10.1 Å². The van der Waals surface area contributed by atoms with Crippen molar-refractivity contribution in [2.75, 3.05) is 13.2 Å². The average Bonchev–Trinajstić information content (AvgIpc) is 2.83. The maximum atomic E-state index is 13.6. The van der Waals surface area contributed by atoms with E-state index in [-0.39, 0.29) is 17.5 Å². The van der Waals surface area contributed by atoms with Gasteiger partial charge in [0, 0.05) is 29.3 Å². The van der Waals surface area contributed by atoms with Gasteiger partial charge in [0.15, 0.2) is 17.3 Å². The summed E-state index contributed by atoms with van der Waals surface area (Å²) in [5.74, 6) is -0.613. The Morgan fingerprint density at radius 1 is 1.09 bits per heavy atom. The number of rotatable bonds is 7. The molecular formula is C28H31NO5. The van der Waals surface area contributed by atoms with Gasteiger partial charge in [-0.15, -0.1) is 0 Å². The van der Waals surface area contributed by atoms with Crippen LogP contribution in [0.4, 0.5) is 0 Å². The number of phenolic OH excluding ortho intramolecular Hbond substituents is 1. The number of carbonyl (C=O) groups excluding carboxylic acids is 2. The zero-order valence-corrected chi connectivity index (χ0v) is 19.9. The van der Waals surface area contributed by atoms with Gasteiger partial charge >= 0.3 is 5.97 Å². The van der Waals surface area contributed by atoms with Crippen LogP contribution in [0.15, 0.2) is 71.1 Å². The van der Waals surface area contributed by atoms with E-state index < -0.39 is 11.9 Å². The Labute approximate surface area is 200 Å². The quantitative estimate of drug-likeness (QED) is 0.558. The van der Waals surface area contributed by atoms with E-state index >= 15 is 0 Å². The van der Waals surface area contributed by atoms with E-state index in [2.05, 4.69) is 5.32 Å². The summed E-state index contributed by atoms with van der Waals surface area (Å²) in [6.07, 6.45) is 1.75. The van der Waals surface area contributed by atoms with Gasteiger partial charge in [-0.1, -0.05) is 43.3 Å². The number of carbonyl (C=O) groups is 2. The Morgan fingerprint density at radius 3 is 2.56 bits per heavy atom. The Morgan fingerprint density at radius 2 is 1.85 bits per heavy atom. The number of Topliss-reactive ketones (excluding diaryl/α,β-unsaturated/α-hetero) is 1. The highest BCUT2D eigenvalue weighted by atomic mass is 16.5. The first-order chi connectivity index (χ1) is 16.4. The summed E-state index contributed by atoms with van der Waals surface area (Å²) in [7, 11) is 0. The lowest BCUT2D eigenvalue weighted by atomic mass is 9.71. The van der Waals surface area contributed by atoms with Crippen LogP contribution in [0.2, 0.25) is 0 Å². The second-order valence-electron chi connectivity index (χ2n) is 8.72. The van der Waals surface area contributed by atoms with Crippen molar-refractivity contribution in [1.29, 1.82) is 0 Å². The van der Waals surface area contributed by atoms with Gasteiger partial charge in [0.05, 0.1) is 18.8 Å². The van der Waals surface area contributed by atoms with Crippen LogP contribution >= 0.6 is 0 Å². The molecule has 2 aliphatic rings. The summed E-state index contributed by atoms with van der Waals surface area (Å²) in [6, 6.07) is 15.1. The maximum absolute atomic E-state index is 13.6. The van der Waals surface area contributed by atoms with Crippen LogP contribution in [-0.4, -0.2) is 30.1 Å². The second kappa shape index (κ2) is 10.2. The predicted octanol–water partition coefficient (Wildman–Crippen LogP) is 5.11. The normalized spacial score (nSPS) is 20.0. The predicted molar refractivity (Wildman–Crippen MR) is 130 cm³/mol. The molecule has 0 amide bonds. The lowest BCUT2D eigenvalue weighted by Gasteiger charge is -2.36. The molecule has 1 aliphatic heterocycles. The molecule has 6 heteroatoms. The molecule has 1 aliphatic carbocycles. The van der Waals surface area contributed by atoms with E-state index in [0.29, 0.717) is 60.6 Å². The van der Waals surface area contributed by atoms with Crippen LogP contribution in [0.25, 0.3) is 0 Å². The second-order valence-corrected chi connectivity index (χ2v) is 8.72. The third-order valence-electron chi connectivity index (χ3n) is 6.37. The Hall–Kier alpha value is -3.54. The number of hydrogen-bond acceptors (Lipinski definition) is 6. The van der Waals surface area contributed by atoms with E-state index in [1.807, 2.05) is 51.1 Å². The van der Waals surface area contributed by atoms with E-state index in [1.54, 1.807) is 18.2 Å². The van der Waals surface area contributed by atoms with Crippen molar-refractivity contribution in [1.82, 2.24) is 5.32 Å². The molecule has 0 radical (unpaired) electrons. The smallest absolute Gasteiger partial charge is 0.336 e. The third kappa shape index (κ3) is 4.58.